The fraction of sp³-hybridized carbons (Fsp3) is 0.133. The number of benzene rings is 1. The predicted octanol–water partition coefficient (Wildman–Crippen LogP) is 2.14. The van der Waals surface area contributed by atoms with E-state index in [0.717, 1.165) is 11.4 Å². The molecular formula is C15H13N3O2. The third kappa shape index (κ3) is 2.14. The molecule has 0 saturated heterocycles. The molecule has 1 aliphatic rings. The molecule has 0 saturated carbocycles. The van der Waals surface area contributed by atoms with Crippen molar-refractivity contribution in [2.24, 2.45) is 0 Å². The number of rotatable bonds is 3. The van der Waals surface area contributed by atoms with Crippen molar-refractivity contribution in [3.63, 3.8) is 0 Å². The van der Waals surface area contributed by atoms with Crippen LogP contribution in [0.1, 0.15) is 39.4 Å². The Labute approximate surface area is 116 Å². The van der Waals surface area contributed by atoms with Gasteiger partial charge in [-0.2, -0.15) is 0 Å². The first kappa shape index (κ1) is 12.3. The van der Waals surface area contributed by atoms with Gasteiger partial charge in [-0.3, -0.25) is 19.9 Å². The quantitative estimate of drug-likeness (QED) is 0.836. The topological polar surface area (TPSA) is 71.1 Å². The summed E-state index contributed by atoms with van der Waals surface area (Å²) in [5, 5.41) is 5.55. The molecule has 0 aliphatic carbocycles. The summed E-state index contributed by atoms with van der Waals surface area (Å²) in [5.41, 5.74) is 2.53. The fourth-order valence-electron chi connectivity index (χ4n) is 2.21. The largest absolute Gasteiger partial charge is 0.377 e. The van der Waals surface area contributed by atoms with Crippen molar-refractivity contribution in [3.8, 4) is 0 Å². The van der Waals surface area contributed by atoms with Crippen molar-refractivity contribution < 1.29 is 9.59 Å². The first-order chi connectivity index (χ1) is 9.65. The van der Waals surface area contributed by atoms with Gasteiger partial charge >= 0.3 is 0 Å². The van der Waals surface area contributed by atoms with E-state index in [-0.39, 0.29) is 17.9 Å². The number of pyridine rings is 1. The van der Waals surface area contributed by atoms with Crippen molar-refractivity contribution in [1.82, 2.24) is 10.3 Å². The van der Waals surface area contributed by atoms with E-state index in [1.54, 1.807) is 24.4 Å². The summed E-state index contributed by atoms with van der Waals surface area (Å²) in [5.74, 6) is -0.687. The van der Waals surface area contributed by atoms with Crippen molar-refractivity contribution in [3.05, 3.63) is 59.4 Å². The molecule has 0 bridgehead atoms. The van der Waals surface area contributed by atoms with Crippen molar-refractivity contribution in [2.75, 3.05) is 5.32 Å². The summed E-state index contributed by atoms with van der Waals surface area (Å²) in [6.45, 7) is 1.99. The molecule has 2 amide bonds. The van der Waals surface area contributed by atoms with Crippen LogP contribution in [0.15, 0.2) is 42.6 Å². The van der Waals surface area contributed by atoms with E-state index in [2.05, 4.69) is 15.6 Å². The van der Waals surface area contributed by atoms with Gasteiger partial charge in [0.15, 0.2) is 0 Å². The van der Waals surface area contributed by atoms with Crippen LogP contribution in [0.5, 0.6) is 0 Å². The van der Waals surface area contributed by atoms with Crippen LogP contribution in [0.3, 0.4) is 0 Å². The average Bonchev–Trinajstić information content (AvgIpc) is 2.75. The maximum Gasteiger partial charge on any atom is 0.259 e. The maximum atomic E-state index is 11.6. The highest BCUT2D eigenvalue weighted by atomic mass is 16.2. The molecule has 1 aromatic carbocycles. The molecule has 20 heavy (non-hydrogen) atoms. The lowest BCUT2D eigenvalue weighted by atomic mass is 10.1. The van der Waals surface area contributed by atoms with E-state index in [1.165, 1.54) is 0 Å². The smallest absolute Gasteiger partial charge is 0.259 e. The zero-order valence-corrected chi connectivity index (χ0v) is 10.9. The number of hydrogen-bond donors (Lipinski definition) is 2. The Balaban J connectivity index is 1.84. The van der Waals surface area contributed by atoms with Gasteiger partial charge in [0.05, 0.1) is 22.9 Å². The van der Waals surface area contributed by atoms with E-state index >= 15 is 0 Å². The Kier molecular flexibility index (Phi) is 2.95. The van der Waals surface area contributed by atoms with Crippen molar-refractivity contribution in [2.45, 2.75) is 13.0 Å². The molecule has 1 atom stereocenters. The highest BCUT2D eigenvalue weighted by Gasteiger charge is 2.26. The van der Waals surface area contributed by atoms with Gasteiger partial charge in [-0.15, -0.1) is 0 Å². The zero-order chi connectivity index (χ0) is 14.1. The Morgan fingerprint density at radius 1 is 1.10 bits per heavy atom. The molecule has 2 aromatic rings. The van der Waals surface area contributed by atoms with E-state index in [0.29, 0.717) is 11.1 Å². The van der Waals surface area contributed by atoms with Gasteiger partial charge in [0.25, 0.3) is 11.8 Å². The molecule has 5 heteroatoms. The van der Waals surface area contributed by atoms with Gasteiger partial charge in [0, 0.05) is 11.9 Å². The molecule has 5 nitrogen and oxygen atoms in total. The van der Waals surface area contributed by atoms with Crippen LogP contribution in [0, 0.1) is 0 Å². The molecule has 0 fully saturated rings. The summed E-state index contributed by atoms with van der Waals surface area (Å²) >= 11 is 0. The predicted molar refractivity (Wildman–Crippen MR) is 74.5 cm³/mol. The number of carbonyl (C=O) groups is 2. The standard InChI is InChI=1S/C15H13N3O2/c1-9(13-4-2-3-7-16-13)17-10-5-6-11-12(8-10)15(20)18-14(11)19/h2-9,17H,1H3,(H,18,19,20). The van der Waals surface area contributed by atoms with Crippen LogP contribution in [0.25, 0.3) is 0 Å². The fourth-order valence-corrected chi connectivity index (χ4v) is 2.21. The first-order valence-electron chi connectivity index (χ1n) is 6.32. The third-order valence-electron chi connectivity index (χ3n) is 3.25. The van der Waals surface area contributed by atoms with E-state index in [9.17, 15) is 9.59 Å². The van der Waals surface area contributed by atoms with Gasteiger partial charge in [-0.05, 0) is 37.3 Å². The molecule has 1 aromatic heterocycles. The molecule has 2 N–H and O–H groups in total. The number of hydrogen-bond acceptors (Lipinski definition) is 4. The van der Waals surface area contributed by atoms with Crippen LogP contribution >= 0.6 is 0 Å². The van der Waals surface area contributed by atoms with E-state index in [4.69, 9.17) is 0 Å². The summed E-state index contributed by atoms with van der Waals surface area (Å²) in [7, 11) is 0. The highest BCUT2D eigenvalue weighted by Crippen LogP contribution is 2.23. The summed E-state index contributed by atoms with van der Waals surface area (Å²) < 4.78 is 0. The number of carbonyl (C=O) groups excluding carboxylic acids is 2. The minimum Gasteiger partial charge on any atom is -0.377 e. The number of nitrogens with one attached hydrogen (secondary N) is 2. The van der Waals surface area contributed by atoms with Crippen LogP contribution < -0.4 is 10.6 Å². The van der Waals surface area contributed by atoms with E-state index < -0.39 is 0 Å². The van der Waals surface area contributed by atoms with Gasteiger partial charge < -0.3 is 5.32 Å². The SMILES string of the molecule is CC(Nc1ccc2c(c1)C(=O)NC2=O)c1ccccn1. The normalized spacial score (nSPS) is 14.7. The van der Waals surface area contributed by atoms with Gasteiger partial charge in [-0.1, -0.05) is 6.07 Å². The number of nitrogens with zero attached hydrogens (tertiary/aromatic N) is 1. The minimum absolute atomic E-state index is 0.00872. The monoisotopic (exact) mass is 267 g/mol. The van der Waals surface area contributed by atoms with Crippen LogP contribution in [0.4, 0.5) is 5.69 Å². The molecule has 2 heterocycles. The lowest BCUT2D eigenvalue weighted by molar-refractivity contribution is 0.0879. The Hall–Kier alpha value is -2.69. The number of aromatic nitrogens is 1. The lowest BCUT2D eigenvalue weighted by Gasteiger charge is -2.15. The molecule has 0 radical (unpaired) electrons. The Bertz CT molecular complexity index is 683. The first-order valence-corrected chi connectivity index (χ1v) is 6.32. The molecule has 3 rings (SSSR count). The number of anilines is 1. The maximum absolute atomic E-state index is 11.6. The summed E-state index contributed by atoms with van der Waals surface area (Å²) in [6.07, 6.45) is 1.74. The molecule has 100 valence electrons. The van der Waals surface area contributed by atoms with Crippen LogP contribution in [0.2, 0.25) is 0 Å². The Morgan fingerprint density at radius 3 is 2.65 bits per heavy atom. The second-order valence-electron chi connectivity index (χ2n) is 4.66. The summed E-state index contributed by atoms with van der Waals surface area (Å²) in [4.78, 5) is 27.4. The number of imide groups is 1. The second-order valence-corrected chi connectivity index (χ2v) is 4.66. The highest BCUT2D eigenvalue weighted by molar-refractivity contribution is 6.21. The van der Waals surface area contributed by atoms with Crippen molar-refractivity contribution in [1.29, 1.82) is 0 Å². The van der Waals surface area contributed by atoms with Gasteiger partial charge in [0.1, 0.15) is 0 Å². The van der Waals surface area contributed by atoms with Gasteiger partial charge in [-0.25, -0.2) is 0 Å². The number of fused-ring (bicyclic) bond motifs is 1. The molecule has 0 spiro atoms. The van der Waals surface area contributed by atoms with Crippen LogP contribution in [-0.2, 0) is 0 Å². The molecule has 1 aliphatic heterocycles. The van der Waals surface area contributed by atoms with Crippen LogP contribution in [-0.4, -0.2) is 16.8 Å². The van der Waals surface area contributed by atoms with E-state index in [1.807, 2.05) is 25.1 Å². The molecular weight excluding hydrogens is 254 g/mol. The second kappa shape index (κ2) is 4.77. The lowest BCUT2D eigenvalue weighted by Crippen LogP contribution is -2.19. The summed E-state index contributed by atoms with van der Waals surface area (Å²) in [6, 6.07) is 10.9. The number of amides is 2. The van der Waals surface area contributed by atoms with Crippen molar-refractivity contribution >= 4 is 17.5 Å². The van der Waals surface area contributed by atoms with Gasteiger partial charge in [0.2, 0.25) is 0 Å². The minimum atomic E-state index is -0.348. The zero-order valence-electron chi connectivity index (χ0n) is 10.9. The Morgan fingerprint density at radius 2 is 1.90 bits per heavy atom. The molecule has 1 unspecified atom stereocenters. The third-order valence-corrected chi connectivity index (χ3v) is 3.25. The average molecular weight is 267 g/mol.